The third-order valence-electron chi connectivity index (χ3n) is 3.81. The highest BCUT2D eigenvalue weighted by atomic mass is 35.5. The molecule has 1 aromatic rings. The second-order valence-corrected chi connectivity index (χ2v) is 5.83. The molecule has 1 aromatic carbocycles. The first-order chi connectivity index (χ1) is 9.97. The second-order valence-electron chi connectivity index (χ2n) is 5.42. The van der Waals surface area contributed by atoms with Crippen LogP contribution >= 0.6 is 11.6 Å². The summed E-state index contributed by atoms with van der Waals surface area (Å²) in [4.78, 5) is 23.7. The molecule has 1 aliphatic carbocycles. The molecule has 0 heterocycles. The van der Waals surface area contributed by atoms with E-state index in [1.807, 2.05) is 0 Å². The summed E-state index contributed by atoms with van der Waals surface area (Å²) in [5, 5.41) is 5.07. The molecule has 0 aliphatic heterocycles. The number of carbonyl (C=O) groups excluding carboxylic acids is 2. The normalized spacial score (nSPS) is 21.7. The molecule has 4 nitrogen and oxygen atoms in total. The van der Waals surface area contributed by atoms with Crippen LogP contribution in [-0.4, -0.2) is 17.9 Å². The smallest absolute Gasteiger partial charge is 0.313 e. The minimum Gasteiger partial charge on any atom is -0.345 e. The van der Waals surface area contributed by atoms with Gasteiger partial charge in [-0.1, -0.05) is 31.4 Å². The Balaban J connectivity index is 1.93. The van der Waals surface area contributed by atoms with Gasteiger partial charge in [-0.25, -0.2) is 4.39 Å². The Hall–Kier alpha value is -1.62. The van der Waals surface area contributed by atoms with Gasteiger partial charge in [0.15, 0.2) is 0 Å². The van der Waals surface area contributed by atoms with Crippen LogP contribution < -0.4 is 10.6 Å². The van der Waals surface area contributed by atoms with Gasteiger partial charge in [-0.15, -0.1) is 0 Å². The lowest BCUT2D eigenvalue weighted by atomic mass is 9.86. The van der Waals surface area contributed by atoms with Crippen LogP contribution in [0.3, 0.4) is 0 Å². The van der Waals surface area contributed by atoms with E-state index in [0.717, 1.165) is 31.7 Å². The molecular formula is C15H18ClFN2O2. The molecule has 1 aliphatic rings. The maximum Gasteiger partial charge on any atom is 0.313 e. The van der Waals surface area contributed by atoms with Crippen molar-refractivity contribution in [3.63, 3.8) is 0 Å². The molecule has 0 aromatic heterocycles. The Morgan fingerprint density at radius 2 is 1.95 bits per heavy atom. The molecule has 0 radical (unpaired) electrons. The first-order valence-corrected chi connectivity index (χ1v) is 7.42. The van der Waals surface area contributed by atoms with Crippen LogP contribution in [0.4, 0.5) is 10.1 Å². The summed E-state index contributed by atoms with van der Waals surface area (Å²) < 4.78 is 13.0. The maximum atomic E-state index is 13.0. The van der Waals surface area contributed by atoms with E-state index < -0.39 is 17.6 Å². The lowest BCUT2D eigenvalue weighted by Gasteiger charge is -2.29. The van der Waals surface area contributed by atoms with Crippen LogP contribution in [0.1, 0.15) is 32.6 Å². The summed E-state index contributed by atoms with van der Waals surface area (Å²) in [6.45, 7) is 2.07. The lowest BCUT2D eigenvalue weighted by molar-refractivity contribution is -0.137. The number of amides is 2. The van der Waals surface area contributed by atoms with E-state index in [1.165, 1.54) is 12.1 Å². The number of anilines is 1. The van der Waals surface area contributed by atoms with Crippen LogP contribution in [0.15, 0.2) is 18.2 Å². The number of hydrogen-bond donors (Lipinski definition) is 2. The summed E-state index contributed by atoms with van der Waals surface area (Å²) in [6, 6.07) is 3.80. The summed E-state index contributed by atoms with van der Waals surface area (Å²) in [5.41, 5.74) is 0.290. The van der Waals surface area contributed by atoms with E-state index in [1.54, 1.807) is 0 Å². The van der Waals surface area contributed by atoms with Gasteiger partial charge in [0.05, 0.1) is 5.02 Å². The van der Waals surface area contributed by atoms with Crippen molar-refractivity contribution in [3.8, 4) is 0 Å². The van der Waals surface area contributed by atoms with Gasteiger partial charge in [-0.05, 0) is 37.0 Å². The standard InChI is InChI=1S/C15H18ClFN2O2/c1-9-4-2-3-5-13(9)19-15(21)14(20)18-10-6-7-12(17)11(16)8-10/h6-9,13H,2-5H2,1H3,(H,18,20)(H,19,21). The van der Waals surface area contributed by atoms with E-state index in [2.05, 4.69) is 17.6 Å². The Morgan fingerprint density at radius 1 is 1.24 bits per heavy atom. The highest BCUT2D eigenvalue weighted by molar-refractivity contribution is 6.40. The number of rotatable bonds is 2. The fraction of sp³-hybridized carbons (Fsp3) is 0.467. The number of carbonyl (C=O) groups is 2. The van der Waals surface area contributed by atoms with Gasteiger partial charge < -0.3 is 10.6 Å². The molecule has 0 spiro atoms. The SMILES string of the molecule is CC1CCCCC1NC(=O)C(=O)Nc1ccc(F)c(Cl)c1. The Labute approximate surface area is 128 Å². The van der Waals surface area contributed by atoms with Gasteiger partial charge >= 0.3 is 11.8 Å². The molecule has 2 amide bonds. The van der Waals surface area contributed by atoms with Crippen molar-refractivity contribution in [2.45, 2.75) is 38.6 Å². The van der Waals surface area contributed by atoms with Crippen molar-refractivity contribution < 1.29 is 14.0 Å². The predicted octanol–water partition coefficient (Wildman–Crippen LogP) is 3.11. The van der Waals surface area contributed by atoms with Gasteiger partial charge in [0, 0.05) is 11.7 Å². The third kappa shape index (κ3) is 4.17. The minimum absolute atomic E-state index is 0.0359. The molecule has 0 saturated heterocycles. The van der Waals surface area contributed by atoms with Crippen molar-refractivity contribution in [2.24, 2.45) is 5.92 Å². The maximum absolute atomic E-state index is 13.0. The zero-order valence-electron chi connectivity index (χ0n) is 11.8. The van der Waals surface area contributed by atoms with Gasteiger partial charge in [0.25, 0.3) is 0 Å². The summed E-state index contributed by atoms with van der Waals surface area (Å²) in [6.07, 6.45) is 4.17. The first-order valence-electron chi connectivity index (χ1n) is 7.04. The van der Waals surface area contributed by atoms with E-state index in [4.69, 9.17) is 11.6 Å². The zero-order valence-corrected chi connectivity index (χ0v) is 12.5. The molecule has 2 rings (SSSR count). The Bertz CT molecular complexity index is 550. The van der Waals surface area contributed by atoms with E-state index in [-0.39, 0.29) is 11.1 Å². The second kappa shape index (κ2) is 6.89. The lowest BCUT2D eigenvalue weighted by Crippen LogP contribution is -2.45. The zero-order chi connectivity index (χ0) is 15.4. The first kappa shape index (κ1) is 15.8. The van der Waals surface area contributed by atoms with E-state index >= 15 is 0 Å². The molecular weight excluding hydrogens is 295 g/mol. The molecule has 21 heavy (non-hydrogen) atoms. The van der Waals surface area contributed by atoms with Gasteiger partial charge in [0.1, 0.15) is 5.82 Å². The predicted molar refractivity (Wildman–Crippen MR) is 79.6 cm³/mol. The van der Waals surface area contributed by atoms with Crippen molar-refractivity contribution in [1.29, 1.82) is 0 Å². The molecule has 1 saturated carbocycles. The van der Waals surface area contributed by atoms with Gasteiger partial charge in [-0.2, -0.15) is 0 Å². The van der Waals surface area contributed by atoms with Gasteiger partial charge in [0.2, 0.25) is 0 Å². The quantitative estimate of drug-likeness (QED) is 0.824. The molecule has 2 atom stereocenters. The van der Waals surface area contributed by atoms with Crippen LogP contribution in [0.5, 0.6) is 0 Å². The topological polar surface area (TPSA) is 58.2 Å². The van der Waals surface area contributed by atoms with Crippen LogP contribution in [0.2, 0.25) is 5.02 Å². The average Bonchev–Trinajstić information content (AvgIpc) is 2.45. The fourth-order valence-corrected chi connectivity index (χ4v) is 2.71. The summed E-state index contributed by atoms with van der Waals surface area (Å²) in [5.74, 6) is -1.64. The molecule has 0 bridgehead atoms. The van der Waals surface area contributed by atoms with E-state index in [9.17, 15) is 14.0 Å². The Morgan fingerprint density at radius 3 is 2.62 bits per heavy atom. The highest BCUT2D eigenvalue weighted by Crippen LogP contribution is 2.23. The monoisotopic (exact) mass is 312 g/mol. The van der Waals surface area contributed by atoms with Crippen LogP contribution in [0, 0.1) is 11.7 Å². The number of halogens is 2. The van der Waals surface area contributed by atoms with Crippen molar-refractivity contribution in [1.82, 2.24) is 5.32 Å². The van der Waals surface area contributed by atoms with Crippen LogP contribution in [0.25, 0.3) is 0 Å². The molecule has 2 N–H and O–H groups in total. The molecule has 6 heteroatoms. The fourth-order valence-electron chi connectivity index (χ4n) is 2.53. The van der Waals surface area contributed by atoms with E-state index in [0.29, 0.717) is 11.6 Å². The summed E-state index contributed by atoms with van der Waals surface area (Å²) in [7, 11) is 0. The minimum atomic E-state index is -0.768. The largest absolute Gasteiger partial charge is 0.345 e. The number of nitrogens with one attached hydrogen (secondary N) is 2. The van der Waals surface area contributed by atoms with Crippen LogP contribution in [-0.2, 0) is 9.59 Å². The third-order valence-corrected chi connectivity index (χ3v) is 4.10. The number of benzene rings is 1. The Kier molecular flexibility index (Phi) is 5.17. The molecule has 2 unspecified atom stereocenters. The van der Waals surface area contributed by atoms with Gasteiger partial charge in [-0.3, -0.25) is 9.59 Å². The average molecular weight is 313 g/mol. The molecule has 1 fully saturated rings. The number of hydrogen-bond acceptors (Lipinski definition) is 2. The van der Waals surface area contributed by atoms with Crippen molar-refractivity contribution in [2.75, 3.05) is 5.32 Å². The summed E-state index contributed by atoms with van der Waals surface area (Å²) >= 11 is 5.62. The van der Waals surface area contributed by atoms with Crippen molar-refractivity contribution in [3.05, 3.63) is 29.0 Å². The highest BCUT2D eigenvalue weighted by Gasteiger charge is 2.25. The molecule has 114 valence electrons. The van der Waals surface area contributed by atoms with Crippen molar-refractivity contribution >= 4 is 29.1 Å².